The molecular weight excluding hydrogens is 312 g/mol. The SMILES string of the molecule is CC1CCN(c2ccc(NC(=O)[C@@H]3CCS(=O)(=O)C3)cc2)CC1. The first kappa shape index (κ1) is 16.3. The summed E-state index contributed by atoms with van der Waals surface area (Å²) >= 11 is 0. The first-order valence-electron chi connectivity index (χ1n) is 8.29. The van der Waals surface area contributed by atoms with Crippen LogP contribution in [0.15, 0.2) is 24.3 Å². The number of nitrogens with one attached hydrogen (secondary N) is 1. The van der Waals surface area contributed by atoms with Crippen LogP contribution in [0.4, 0.5) is 11.4 Å². The van der Waals surface area contributed by atoms with E-state index in [1.807, 2.05) is 24.3 Å². The number of carbonyl (C=O) groups excluding carboxylic acids is 1. The third kappa shape index (κ3) is 4.05. The molecule has 1 N–H and O–H groups in total. The van der Waals surface area contributed by atoms with Crippen molar-refractivity contribution in [3.8, 4) is 0 Å². The van der Waals surface area contributed by atoms with Gasteiger partial charge < -0.3 is 10.2 Å². The van der Waals surface area contributed by atoms with Gasteiger partial charge in [-0.05, 0) is 49.4 Å². The summed E-state index contributed by atoms with van der Waals surface area (Å²) in [7, 11) is -3.03. The minimum absolute atomic E-state index is 0.0249. The van der Waals surface area contributed by atoms with Gasteiger partial charge in [0.05, 0.1) is 17.4 Å². The average Bonchev–Trinajstić information content (AvgIpc) is 2.89. The summed E-state index contributed by atoms with van der Waals surface area (Å²) in [6.07, 6.45) is 2.86. The molecule has 0 saturated carbocycles. The maximum Gasteiger partial charge on any atom is 0.228 e. The van der Waals surface area contributed by atoms with Gasteiger partial charge in [-0.3, -0.25) is 4.79 Å². The van der Waals surface area contributed by atoms with Crippen LogP contribution < -0.4 is 10.2 Å². The highest BCUT2D eigenvalue weighted by atomic mass is 32.2. The van der Waals surface area contributed by atoms with Gasteiger partial charge in [-0.1, -0.05) is 6.92 Å². The van der Waals surface area contributed by atoms with Gasteiger partial charge in [-0.15, -0.1) is 0 Å². The van der Waals surface area contributed by atoms with Gasteiger partial charge in [0.15, 0.2) is 9.84 Å². The third-order valence-corrected chi connectivity index (χ3v) is 6.65. The van der Waals surface area contributed by atoms with E-state index >= 15 is 0 Å². The smallest absolute Gasteiger partial charge is 0.228 e. The topological polar surface area (TPSA) is 66.5 Å². The van der Waals surface area contributed by atoms with Crippen LogP contribution in [0.25, 0.3) is 0 Å². The van der Waals surface area contributed by atoms with E-state index in [1.165, 1.54) is 18.5 Å². The lowest BCUT2D eigenvalue weighted by atomic mass is 9.99. The number of hydrogen-bond acceptors (Lipinski definition) is 4. The molecular formula is C17H24N2O3S. The second kappa shape index (κ2) is 6.51. The molecule has 0 bridgehead atoms. The van der Waals surface area contributed by atoms with Crippen molar-refractivity contribution in [2.75, 3.05) is 34.8 Å². The number of piperidine rings is 1. The first-order valence-corrected chi connectivity index (χ1v) is 10.1. The molecule has 5 nitrogen and oxygen atoms in total. The van der Waals surface area contributed by atoms with Crippen molar-refractivity contribution in [1.29, 1.82) is 0 Å². The van der Waals surface area contributed by atoms with E-state index < -0.39 is 15.8 Å². The molecule has 2 saturated heterocycles. The van der Waals surface area contributed by atoms with Gasteiger partial charge in [0.2, 0.25) is 5.91 Å². The first-order chi connectivity index (χ1) is 10.9. The summed E-state index contributed by atoms with van der Waals surface area (Å²) in [5.41, 5.74) is 1.91. The third-order valence-electron chi connectivity index (χ3n) is 4.89. The zero-order valence-corrected chi connectivity index (χ0v) is 14.3. The lowest BCUT2D eigenvalue weighted by molar-refractivity contribution is -0.119. The molecule has 23 heavy (non-hydrogen) atoms. The fraction of sp³-hybridized carbons (Fsp3) is 0.588. The summed E-state index contributed by atoms with van der Waals surface area (Å²) in [6, 6.07) is 7.84. The maximum atomic E-state index is 12.1. The molecule has 6 heteroatoms. The largest absolute Gasteiger partial charge is 0.372 e. The quantitative estimate of drug-likeness (QED) is 0.920. The Kier molecular flexibility index (Phi) is 4.62. The molecule has 2 aliphatic heterocycles. The fourth-order valence-corrected chi connectivity index (χ4v) is 5.01. The van der Waals surface area contributed by atoms with Crippen molar-refractivity contribution in [3.63, 3.8) is 0 Å². The highest BCUT2D eigenvalue weighted by Gasteiger charge is 2.32. The van der Waals surface area contributed by atoms with Crippen LogP contribution in [0.5, 0.6) is 0 Å². The fourth-order valence-electron chi connectivity index (χ4n) is 3.27. The lowest BCUT2D eigenvalue weighted by Crippen LogP contribution is -2.32. The number of benzene rings is 1. The van der Waals surface area contributed by atoms with Crippen LogP contribution in [-0.2, 0) is 14.6 Å². The maximum absolute atomic E-state index is 12.1. The highest BCUT2D eigenvalue weighted by molar-refractivity contribution is 7.91. The molecule has 0 radical (unpaired) electrons. The molecule has 1 aromatic carbocycles. The monoisotopic (exact) mass is 336 g/mol. The molecule has 2 aliphatic rings. The van der Waals surface area contributed by atoms with Crippen molar-refractivity contribution in [1.82, 2.24) is 0 Å². The Morgan fingerprint density at radius 2 is 1.78 bits per heavy atom. The Hall–Kier alpha value is -1.56. The Labute approximate surface area is 138 Å². The van der Waals surface area contributed by atoms with E-state index in [0.717, 1.165) is 24.7 Å². The van der Waals surface area contributed by atoms with Crippen LogP contribution in [0.2, 0.25) is 0 Å². The number of carbonyl (C=O) groups is 1. The van der Waals surface area contributed by atoms with Gasteiger partial charge in [-0.25, -0.2) is 8.42 Å². The van der Waals surface area contributed by atoms with Gasteiger partial charge in [-0.2, -0.15) is 0 Å². The normalized spacial score (nSPS) is 24.6. The van der Waals surface area contributed by atoms with Crippen LogP contribution in [0.1, 0.15) is 26.2 Å². The Bertz CT molecular complexity index is 662. The number of rotatable bonds is 3. The lowest BCUT2D eigenvalue weighted by Gasteiger charge is -2.32. The summed E-state index contributed by atoms with van der Waals surface area (Å²) in [6.45, 7) is 4.44. The van der Waals surface area contributed by atoms with Crippen molar-refractivity contribution in [3.05, 3.63) is 24.3 Å². The van der Waals surface area contributed by atoms with Crippen LogP contribution in [0.3, 0.4) is 0 Å². The predicted octanol–water partition coefficient (Wildman–Crippen LogP) is 2.30. The second-order valence-electron chi connectivity index (χ2n) is 6.81. The molecule has 126 valence electrons. The molecule has 2 fully saturated rings. The molecule has 1 amide bonds. The van der Waals surface area contributed by atoms with Gasteiger partial charge in [0.25, 0.3) is 0 Å². The zero-order chi connectivity index (χ0) is 16.4. The van der Waals surface area contributed by atoms with E-state index in [9.17, 15) is 13.2 Å². The van der Waals surface area contributed by atoms with Crippen LogP contribution in [-0.4, -0.2) is 38.9 Å². The Morgan fingerprint density at radius 1 is 1.13 bits per heavy atom. The molecule has 0 spiro atoms. The number of sulfone groups is 1. The standard InChI is InChI=1S/C17H24N2O3S/c1-13-6-9-19(10-7-13)16-4-2-15(3-5-16)18-17(20)14-8-11-23(21,22)12-14/h2-5,13-14H,6-12H2,1H3,(H,18,20)/t14-/m1/s1. The minimum Gasteiger partial charge on any atom is -0.372 e. The van der Waals surface area contributed by atoms with Crippen LogP contribution in [0, 0.1) is 11.8 Å². The number of nitrogens with zero attached hydrogens (tertiary/aromatic N) is 1. The van der Waals surface area contributed by atoms with Crippen molar-refractivity contribution in [2.24, 2.45) is 11.8 Å². The van der Waals surface area contributed by atoms with E-state index in [2.05, 4.69) is 17.1 Å². The van der Waals surface area contributed by atoms with Gasteiger partial charge in [0.1, 0.15) is 0 Å². The molecule has 2 heterocycles. The molecule has 1 atom stereocenters. The van der Waals surface area contributed by atoms with E-state index in [4.69, 9.17) is 0 Å². The molecule has 0 aliphatic carbocycles. The van der Waals surface area contributed by atoms with Gasteiger partial charge >= 0.3 is 0 Å². The zero-order valence-electron chi connectivity index (χ0n) is 13.5. The minimum atomic E-state index is -3.03. The van der Waals surface area contributed by atoms with E-state index in [1.54, 1.807) is 0 Å². The van der Waals surface area contributed by atoms with Crippen molar-refractivity contribution >= 4 is 27.1 Å². The summed E-state index contributed by atoms with van der Waals surface area (Å²) in [4.78, 5) is 14.5. The summed E-state index contributed by atoms with van der Waals surface area (Å²) in [5, 5.41) is 2.84. The number of amides is 1. The van der Waals surface area contributed by atoms with Crippen molar-refractivity contribution in [2.45, 2.75) is 26.2 Å². The van der Waals surface area contributed by atoms with Crippen LogP contribution >= 0.6 is 0 Å². The van der Waals surface area contributed by atoms with Gasteiger partial charge in [0, 0.05) is 24.5 Å². The predicted molar refractivity (Wildman–Crippen MR) is 92.4 cm³/mol. The number of hydrogen-bond donors (Lipinski definition) is 1. The second-order valence-corrected chi connectivity index (χ2v) is 9.03. The summed E-state index contributed by atoms with van der Waals surface area (Å²) in [5.74, 6) is 0.293. The average molecular weight is 336 g/mol. The number of anilines is 2. The van der Waals surface area contributed by atoms with E-state index in [-0.39, 0.29) is 17.4 Å². The van der Waals surface area contributed by atoms with Crippen molar-refractivity contribution < 1.29 is 13.2 Å². The highest BCUT2D eigenvalue weighted by Crippen LogP contribution is 2.25. The Balaban J connectivity index is 1.58. The molecule has 0 aromatic heterocycles. The molecule has 3 rings (SSSR count). The van der Waals surface area contributed by atoms with E-state index in [0.29, 0.717) is 6.42 Å². The molecule has 1 aromatic rings. The molecule has 0 unspecified atom stereocenters. The Morgan fingerprint density at radius 3 is 2.35 bits per heavy atom. The summed E-state index contributed by atoms with van der Waals surface area (Å²) < 4.78 is 22.9.